The number of hydrogen-bond acceptors (Lipinski definition) is 7. The van der Waals surface area contributed by atoms with Crippen LogP contribution < -0.4 is 10.6 Å². The van der Waals surface area contributed by atoms with Gasteiger partial charge in [-0.3, -0.25) is 0 Å². The van der Waals surface area contributed by atoms with Gasteiger partial charge in [-0.15, -0.1) is 11.3 Å². The van der Waals surface area contributed by atoms with Crippen molar-refractivity contribution >= 4 is 11.3 Å². The molecule has 0 saturated carbocycles. The van der Waals surface area contributed by atoms with Crippen molar-refractivity contribution in [3.63, 3.8) is 0 Å². The Balaban J connectivity index is 1.53. The molecular formula is C14H19N5OS. The van der Waals surface area contributed by atoms with Crippen molar-refractivity contribution in [2.45, 2.75) is 25.0 Å². The first kappa shape index (κ1) is 14.5. The van der Waals surface area contributed by atoms with Crippen LogP contribution in [-0.2, 0) is 6.54 Å². The second-order valence-corrected chi connectivity index (χ2v) is 6.18. The van der Waals surface area contributed by atoms with E-state index in [1.54, 1.807) is 18.5 Å². The average Bonchev–Trinajstić information content (AvgIpc) is 2.98. The normalized spacial score (nSPS) is 22.3. The van der Waals surface area contributed by atoms with E-state index in [1.165, 1.54) is 11.3 Å². The molecule has 1 saturated heterocycles. The largest absolute Gasteiger partial charge is 0.387 e. The molecule has 6 nitrogen and oxygen atoms in total. The summed E-state index contributed by atoms with van der Waals surface area (Å²) in [7, 11) is 0. The number of β-amino-alcohol motifs (C(OH)–C–C–N with tert-alkyl or cyclic N) is 1. The molecule has 0 aromatic carbocycles. The van der Waals surface area contributed by atoms with Crippen molar-refractivity contribution in [3.8, 4) is 10.8 Å². The van der Waals surface area contributed by atoms with Crippen LogP contribution in [0.1, 0.15) is 18.5 Å². The van der Waals surface area contributed by atoms with Gasteiger partial charge in [-0.25, -0.2) is 15.0 Å². The molecule has 3 rings (SSSR count). The summed E-state index contributed by atoms with van der Waals surface area (Å²) >= 11 is 1.54. The highest BCUT2D eigenvalue weighted by Gasteiger charge is 2.28. The summed E-state index contributed by atoms with van der Waals surface area (Å²) in [5.41, 5.74) is 0.314. The summed E-state index contributed by atoms with van der Waals surface area (Å²) < 4.78 is 0. The van der Waals surface area contributed by atoms with E-state index in [2.05, 4.69) is 25.6 Å². The maximum atomic E-state index is 10.4. The van der Waals surface area contributed by atoms with E-state index in [4.69, 9.17) is 0 Å². The zero-order valence-electron chi connectivity index (χ0n) is 11.7. The SMILES string of the molecule is O[C@@]1(CNCc2csc(-c3ncccn3)n2)CCCNC1. The standard InChI is InChI=1S/C14H19N5OS/c20-14(3-1-4-15-9-14)10-16-7-11-8-21-13(19-11)12-17-5-2-6-18-12/h2,5-6,8,15-16,20H,1,3-4,7,9-10H2/t14-/m0/s1. The molecule has 0 spiro atoms. The molecular weight excluding hydrogens is 286 g/mol. The van der Waals surface area contributed by atoms with Crippen molar-refractivity contribution in [1.82, 2.24) is 25.6 Å². The van der Waals surface area contributed by atoms with Gasteiger partial charge in [0, 0.05) is 37.4 Å². The molecule has 3 heterocycles. The smallest absolute Gasteiger partial charge is 0.188 e. The first-order valence-electron chi connectivity index (χ1n) is 7.11. The van der Waals surface area contributed by atoms with Crippen LogP contribution in [0.25, 0.3) is 10.8 Å². The lowest BCUT2D eigenvalue weighted by Crippen LogP contribution is -2.51. The van der Waals surface area contributed by atoms with Gasteiger partial charge < -0.3 is 15.7 Å². The molecule has 0 aliphatic carbocycles. The van der Waals surface area contributed by atoms with E-state index in [0.717, 1.165) is 30.1 Å². The molecule has 0 amide bonds. The molecule has 3 N–H and O–H groups in total. The van der Waals surface area contributed by atoms with E-state index in [0.29, 0.717) is 25.5 Å². The third-order valence-electron chi connectivity index (χ3n) is 3.52. The minimum Gasteiger partial charge on any atom is -0.387 e. The lowest BCUT2D eigenvalue weighted by atomic mass is 9.94. The van der Waals surface area contributed by atoms with Crippen molar-refractivity contribution < 1.29 is 5.11 Å². The number of rotatable bonds is 5. The van der Waals surface area contributed by atoms with Crippen LogP contribution in [0.3, 0.4) is 0 Å². The lowest BCUT2D eigenvalue weighted by Gasteiger charge is -2.32. The zero-order valence-corrected chi connectivity index (χ0v) is 12.6. The van der Waals surface area contributed by atoms with Crippen LogP contribution >= 0.6 is 11.3 Å². The molecule has 2 aromatic rings. The van der Waals surface area contributed by atoms with E-state index in [1.807, 2.05) is 5.38 Å². The Labute approximate surface area is 127 Å². The van der Waals surface area contributed by atoms with Gasteiger partial charge >= 0.3 is 0 Å². The van der Waals surface area contributed by atoms with E-state index < -0.39 is 5.60 Å². The third kappa shape index (κ3) is 3.82. The van der Waals surface area contributed by atoms with Gasteiger partial charge in [-0.05, 0) is 25.5 Å². The highest BCUT2D eigenvalue weighted by Crippen LogP contribution is 2.20. The van der Waals surface area contributed by atoms with Gasteiger partial charge in [0.05, 0.1) is 11.3 Å². The fourth-order valence-corrected chi connectivity index (χ4v) is 3.19. The van der Waals surface area contributed by atoms with E-state index in [-0.39, 0.29) is 0 Å². The summed E-state index contributed by atoms with van der Waals surface area (Å²) in [6, 6.07) is 1.79. The third-order valence-corrected chi connectivity index (χ3v) is 4.41. The maximum Gasteiger partial charge on any atom is 0.188 e. The highest BCUT2D eigenvalue weighted by atomic mass is 32.1. The van der Waals surface area contributed by atoms with Gasteiger partial charge in [-0.2, -0.15) is 0 Å². The molecule has 7 heteroatoms. The Hall–Kier alpha value is -1.41. The molecule has 0 bridgehead atoms. The second-order valence-electron chi connectivity index (χ2n) is 5.32. The zero-order chi connectivity index (χ0) is 14.5. The Morgan fingerprint density at radius 1 is 1.38 bits per heavy atom. The van der Waals surface area contributed by atoms with Crippen molar-refractivity contribution in [3.05, 3.63) is 29.5 Å². The van der Waals surface area contributed by atoms with E-state index in [9.17, 15) is 5.11 Å². The predicted molar refractivity (Wildman–Crippen MR) is 81.9 cm³/mol. The monoisotopic (exact) mass is 305 g/mol. The molecule has 1 atom stereocenters. The molecule has 1 aliphatic rings. The molecule has 1 fully saturated rings. The number of nitrogens with zero attached hydrogens (tertiary/aromatic N) is 3. The maximum absolute atomic E-state index is 10.4. The molecule has 2 aromatic heterocycles. The fraction of sp³-hybridized carbons (Fsp3) is 0.500. The van der Waals surface area contributed by atoms with Crippen molar-refractivity contribution in [2.24, 2.45) is 0 Å². The summed E-state index contributed by atoms with van der Waals surface area (Å²) in [6.45, 7) is 2.87. The Kier molecular flexibility index (Phi) is 4.54. The first-order chi connectivity index (χ1) is 10.3. The van der Waals surface area contributed by atoms with Gasteiger partial charge in [0.1, 0.15) is 0 Å². The Morgan fingerprint density at radius 3 is 3.00 bits per heavy atom. The number of hydrogen-bond donors (Lipinski definition) is 3. The summed E-state index contributed by atoms with van der Waals surface area (Å²) in [5, 5.41) is 19.7. The van der Waals surface area contributed by atoms with E-state index >= 15 is 0 Å². The number of nitrogens with one attached hydrogen (secondary N) is 2. The van der Waals surface area contributed by atoms with Crippen LogP contribution in [-0.4, -0.2) is 45.3 Å². The van der Waals surface area contributed by atoms with Crippen LogP contribution in [0.4, 0.5) is 0 Å². The average molecular weight is 305 g/mol. The van der Waals surface area contributed by atoms with Gasteiger partial charge in [0.25, 0.3) is 0 Å². The minimum absolute atomic E-state index is 0.578. The fourth-order valence-electron chi connectivity index (χ4n) is 2.43. The Morgan fingerprint density at radius 2 is 2.24 bits per heavy atom. The van der Waals surface area contributed by atoms with Crippen LogP contribution in [0.5, 0.6) is 0 Å². The van der Waals surface area contributed by atoms with Crippen LogP contribution in [0, 0.1) is 0 Å². The van der Waals surface area contributed by atoms with Crippen LogP contribution in [0.2, 0.25) is 0 Å². The molecule has 112 valence electrons. The number of thiazole rings is 1. The molecule has 0 radical (unpaired) electrons. The van der Waals surface area contributed by atoms with Gasteiger partial charge in [0.15, 0.2) is 10.8 Å². The first-order valence-corrected chi connectivity index (χ1v) is 7.99. The lowest BCUT2D eigenvalue weighted by molar-refractivity contribution is 0.0168. The number of piperidine rings is 1. The number of aliphatic hydroxyl groups is 1. The Bertz CT molecular complexity index is 568. The number of aromatic nitrogens is 3. The summed E-state index contributed by atoms with van der Waals surface area (Å²) in [4.78, 5) is 12.9. The highest BCUT2D eigenvalue weighted by molar-refractivity contribution is 7.13. The topological polar surface area (TPSA) is 83.0 Å². The quantitative estimate of drug-likeness (QED) is 0.758. The molecule has 1 aliphatic heterocycles. The van der Waals surface area contributed by atoms with Crippen LogP contribution in [0.15, 0.2) is 23.8 Å². The van der Waals surface area contributed by atoms with Crippen molar-refractivity contribution in [1.29, 1.82) is 0 Å². The summed E-state index contributed by atoms with van der Waals surface area (Å²) in [5.74, 6) is 0.656. The summed E-state index contributed by atoms with van der Waals surface area (Å²) in [6.07, 6.45) is 5.29. The van der Waals surface area contributed by atoms with Gasteiger partial charge in [-0.1, -0.05) is 0 Å². The molecule has 0 unspecified atom stereocenters. The minimum atomic E-state index is -0.639. The molecule has 21 heavy (non-hydrogen) atoms. The van der Waals surface area contributed by atoms with Crippen molar-refractivity contribution in [2.75, 3.05) is 19.6 Å². The van der Waals surface area contributed by atoms with Gasteiger partial charge in [0.2, 0.25) is 0 Å². The second kappa shape index (κ2) is 6.57. The predicted octanol–water partition coefficient (Wildman–Crippen LogP) is 0.804.